The number of nitrogens with one attached hydrogen (secondary N) is 4. The molecule has 6 aromatic rings. The molecule has 103 heavy (non-hydrogen) atoms. The van der Waals surface area contributed by atoms with Crippen LogP contribution in [0.4, 0.5) is 14.9 Å². The van der Waals surface area contributed by atoms with Gasteiger partial charge in [0.15, 0.2) is 5.78 Å². The van der Waals surface area contributed by atoms with Crippen LogP contribution in [0.3, 0.4) is 0 Å². The zero-order valence-corrected chi connectivity index (χ0v) is 65.1. The van der Waals surface area contributed by atoms with Crippen molar-refractivity contribution in [2.24, 2.45) is 41.4 Å². The van der Waals surface area contributed by atoms with E-state index in [0.717, 1.165) is 103 Å². The van der Waals surface area contributed by atoms with Gasteiger partial charge in [0.25, 0.3) is 7.45 Å². The van der Waals surface area contributed by atoms with E-state index in [1.807, 2.05) is 106 Å². The fourth-order valence-electron chi connectivity index (χ4n) is 13.1. The van der Waals surface area contributed by atoms with E-state index in [-0.39, 0.29) is 73.3 Å². The Morgan fingerprint density at radius 2 is 1.20 bits per heavy atom. The summed E-state index contributed by atoms with van der Waals surface area (Å²) in [5.74, 6) is 3.71. The van der Waals surface area contributed by atoms with Gasteiger partial charge < -0.3 is 30.6 Å². The van der Waals surface area contributed by atoms with Gasteiger partial charge in [0.05, 0.1) is 47.3 Å². The Hall–Kier alpha value is -7.83. The third-order valence-corrected chi connectivity index (χ3v) is 17.7. The molecule has 1 aliphatic heterocycles. The third kappa shape index (κ3) is 27.0. The number of hydrogen-bond acceptors (Lipinski definition) is 16. The van der Waals surface area contributed by atoms with Crippen molar-refractivity contribution in [3.63, 3.8) is 0 Å². The Balaban J connectivity index is 0.000000251. The number of aryl methyl sites for hydroxylation is 1. The maximum atomic E-state index is 16.0. The Labute approximate surface area is 615 Å². The number of benzene rings is 2. The first-order chi connectivity index (χ1) is 49.3. The molecule has 2 aromatic carbocycles. The van der Waals surface area contributed by atoms with E-state index < -0.39 is 18.9 Å². The summed E-state index contributed by atoms with van der Waals surface area (Å²) in [5.41, 5.74) is 8.02. The number of amides is 4. The quantitative estimate of drug-likeness (QED) is 0.0294. The number of rotatable bonds is 23. The second kappa shape index (κ2) is 42.8. The zero-order valence-electron chi connectivity index (χ0n) is 66.1. The van der Waals surface area contributed by atoms with E-state index in [1.54, 1.807) is 16.4 Å². The molecule has 10 rings (SSSR count). The van der Waals surface area contributed by atoms with Crippen LogP contribution in [-0.2, 0) is 81.6 Å². The second-order valence-electron chi connectivity index (χ2n) is 30.4. The number of alkyl carbamates (subject to hydrolysis) is 1. The molecule has 1 unspecified atom stereocenters. The molecular weight excluding hydrogens is 1300 g/mol. The average Bonchev–Trinajstić information content (AvgIpc) is 1.49. The fraction of sp³-hybridized carbons (Fsp3) is 0.671. The Bertz CT molecular complexity index is 3640. The van der Waals surface area contributed by atoms with Crippen molar-refractivity contribution >= 4 is 49.8 Å². The standard InChI is InChI=1S/C26H31N5O2.C21H35FN4O2.C18H30N4O2.C9H17N3.CH4BN.CH5BO/c1-17(2)15-31-26-21-11-7-8-12-22(21)30(24(33)14-13-23(32)27-18(3)4)16-19-9-5-6-10-20(19)25(26)28-29-31;1-15(2)14-26-17-10-6-5-9-13-21(22,20(17)24-25-26)18(27)11-7-8-12-19(28)23-16(3)4;1-11(2)9-22-17-8-6-14-13(5-7-16(17)20-21-22)15(14)10-24-18(23)19-12(3)4;1-7(2)5-12-6-9(8(3)4)10-11-12;2*1-2-3/h5-12,17-18H,13-16H2,1-4H3,(H,27,32);15-16H,5-14H2,1-4H3,(H,23,28);11-15H,5-10H2,1-4H3,(H,19,23);6-8H,5H2,1-4H3;3H,1H3;2-3H,1H3/t;;13-,14+,15-;;;/m..1.../s1/i;;;;;2D. The molecule has 0 spiro atoms. The second-order valence-corrected chi connectivity index (χ2v) is 30.4. The molecular formula is C76H122B2FN17O7. The van der Waals surface area contributed by atoms with Crippen LogP contribution < -0.4 is 20.9 Å². The van der Waals surface area contributed by atoms with Crippen LogP contribution in [-0.4, -0.2) is 135 Å². The predicted octanol–water partition coefficient (Wildman–Crippen LogP) is 13.0. The molecule has 0 radical (unpaired) electrons. The van der Waals surface area contributed by atoms with Gasteiger partial charge in [-0.25, -0.2) is 23.2 Å². The number of para-hydroxylation sites is 1. The monoisotopic (exact) mass is 1430 g/mol. The molecule has 5 heterocycles. The van der Waals surface area contributed by atoms with Gasteiger partial charge in [0.2, 0.25) is 23.4 Å². The van der Waals surface area contributed by atoms with Crippen LogP contribution in [0, 0.1) is 46.7 Å². The summed E-state index contributed by atoms with van der Waals surface area (Å²) in [7, 11) is 0.333. The van der Waals surface area contributed by atoms with E-state index in [4.69, 9.17) is 16.4 Å². The summed E-state index contributed by atoms with van der Waals surface area (Å²) in [6.07, 6.45) is 11.4. The summed E-state index contributed by atoms with van der Waals surface area (Å²) in [6, 6.07) is 16.2. The van der Waals surface area contributed by atoms with Crippen molar-refractivity contribution in [2.45, 2.75) is 283 Å². The van der Waals surface area contributed by atoms with Crippen molar-refractivity contribution in [3.05, 3.63) is 88.8 Å². The summed E-state index contributed by atoms with van der Waals surface area (Å²) in [5, 5.41) is 56.5. The van der Waals surface area contributed by atoms with Crippen molar-refractivity contribution in [1.82, 2.24) is 75.9 Å². The van der Waals surface area contributed by atoms with Gasteiger partial charge in [-0.1, -0.05) is 146 Å². The number of carbonyl (C=O) groups excluding carboxylic acids is 5. The van der Waals surface area contributed by atoms with Gasteiger partial charge in [-0.15, -0.1) is 20.4 Å². The number of alkyl halides is 1. The predicted molar refractivity (Wildman–Crippen MR) is 406 cm³/mol. The minimum Gasteiger partial charge on any atom is -0.454 e. The van der Waals surface area contributed by atoms with Gasteiger partial charge in [-0.2, -0.15) is 0 Å². The number of aromatic nitrogens is 12. The topological polar surface area (TPSA) is 301 Å². The van der Waals surface area contributed by atoms with E-state index in [2.05, 4.69) is 131 Å². The molecule has 3 aliphatic carbocycles. The third-order valence-electron chi connectivity index (χ3n) is 17.7. The number of unbranched alkanes of at least 4 members (excludes halogenated alkanes) is 1. The van der Waals surface area contributed by atoms with Crippen molar-refractivity contribution < 1.29 is 38.1 Å². The number of carbonyl (C=O) groups is 5. The molecule has 27 heteroatoms. The molecule has 566 valence electrons. The van der Waals surface area contributed by atoms with E-state index in [0.29, 0.717) is 99.1 Å². The molecule has 4 aromatic heterocycles. The van der Waals surface area contributed by atoms with Crippen LogP contribution >= 0.6 is 0 Å². The minimum atomic E-state index is -2.05. The average molecular weight is 1430 g/mol. The fourth-order valence-corrected chi connectivity index (χ4v) is 13.1. The molecule has 0 bridgehead atoms. The number of fused-ring (bicyclic) bond motifs is 8. The molecule has 1 fully saturated rings. The number of nitrogens with zero attached hydrogens (tertiary/aromatic N) is 13. The molecule has 24 nitrogen and oxygen atoms in total. The number of Topliss-reactive ketones (excluding diaryl/α,β-unsaturated/α-hetero) is 1. The van der Waals surface area contributed by atoms with Gasteiger partial charge in [0, 0.05) is 88.6 Å². The molecule has 4 aliphatic rings. The van der Waals surface area contributed by atoms with Crippen LogP contribution in [0.1, 0.15) is 228 Å². The summed E-state index contributed by atoms with van der Waals surface area (Å²) in [4.78, 5) is 63.6. The summed E-state index contributed by atoms with van der Waals surface area (Å²) < 4.78 is 35.2. The van der Waals surface area contributed by atoms with Crippen LogP contribution in [0.25, 0.3) is 22.5 Å². The first kappa shape index (κ1) is 84.1. The van der Waals surface area contributed by atoms with Crippen molar-refractivity contribution in [2.75, 3.05) is 11.5 Å². The summed E-state index contributed by atoms with van der Waals surface area (Å²) >= 11 is 0. The van der Waals surface area contributed by atoms with Gasteiger partial charge in [-0.3, -0.25) is 23.9 Å². The van der Waals surface area contributed by atoms with E-state index >= 15 is 4.39 Å². The maximum absolute atomic E-state index is 16.0. The zero-order chi connectivity index (χ0) is 77.0. The maximum Gasteiger partial charge on any atom is 0.407 e. The van der Waals surface area contributed by atoms with Gasteiger partial charge in [0.1, 0.15) is 11.4 Å². The smallest absolute Gasteiger partial charge is 0.407 e. The summed E-state index contributed by atoms with van der Waals surface area (Å²) in [6.45, 7) is 40.3. The number of ether oxygens (including phenoxy) is 1. The van der Waals surface area contributed by atoms with Crippen molar-refractivity contribution in [3.8, 4) is 22.5 Å². The Morgan fingerprint density at radius 3 is 1.81 bits per heavy atom. The van der Waals surface area contributed by atoms with Crippen LogP contribution in [0.5, 0.6) is 0 Å². The molecule has 1 saturated carbocycles. The Kier molecular flexibility index (Phi) is 35.0. The van der Waals surface area contributed by atoms with Crippen LogP contribution in [0.15, 0.2) is 54.7 Å². The first-order valence-corrected chi connectivity index (χ1v) is 37.7. The SMILES string of the molecule is CB=N.CC(C)Cn1cc(C(C)C)nn1.CC(C)Cn1nnc2c1-c1ccccc1N(C(=O)CCC(=O)NC(C)C)Cc1ccccc1-2.CC(C)Cn1nnc2c1CCCCCC2(F)C(=O)CCCCC(=O)NC(C)C.CC(C)Cn1nnc2c1CC[C@H]1[C@@H](CC2)[C@H]1COC(=O)NC(C)C.[2H]B(C)O. The number of halogens is 1. The molecule has 4 amide bonds. The number of anilines is 1. The molecule has 0 saturated heterocycles. The van der Waals surface area contributed by atoms with Crippen molar-refractivity contribution in [1.29, 1.82) is 6.65 Å². The van der Waals surface area contributed by atoms with E-state index in [9.17, 15) is 24.0 Å². The minimum absolute atomic E-state index is 0.0257. The molecule has 5 N–H and O–H groups in total. The first-order valence-electron chi connectivity index (χ1n) is 38.3. The largest absolute Gasteiger partial charge is 0.454 e. The van der Waals surface area contributed by atoms with Crippen LogP contribution in [0.2, 0.25) is 13.6 Å². The molecule has 4 atom stereocenters. The number of ketones is 1. The van der Waals surface area contributed by atoms with E-state index in [1.165, 1.54) is 25.3 Å². The number of hydrogen-bond donors (Lipinski definition) is 5. The van der Waals surface area contributed by atoms with Gasteiger partial charge in [-0.05, 0) is 165 Å². The Morgan fingerprint density at radius 1 is 0.660 bits per heavy atom. The normalized spacial score (nSPS) is 17.1. The van der Waals surface area contributed by atoms with Gasteiger partial charge >= 0.3 is 25.3 Å².